The van der Waals surface area contributed by atoms with Gasteiger partial charge in [-0.3, -0.25) is 5.32 Å². The van der Waals surface area contributed by atoms with Crippen molar-refractivity contribution in [1.82, 2.24) is 14.9 Å². The number of urea groups is 1. The van der Waals surface area contributed by atoms with Crippen molar-refractivity contribution in [2.24, 2.45) is 11.8 Å². The summed E-state index contributed by atoms with van der Waals surface area (Å²) in [6.45, 7) is 0.813. The number of carboxylic acids is 1. The quantitative estimate of drug-likeness (QED) is 0.787. The number of fused-ring (bicyclic) bond motifs is 1. The molecule has 7 nitrogen and oxygen atoms in total. The van der Waals surface area contributed by atoms with Gasteiger partial charge in [-0.2, -0.15) is 13.2 Å². The topological polar surface area (TPSA) is 95.4 Å². The lowest BCUT2D eigenvalue weighted by Crippen LogP contribution is -2.34. The number of amides is 2. The second-order valence-corrected chi connectivity index (χ2v) is 7.67. The Labute approximate surface area is 169 Å². The van der Waals surface area contributed by atoms with E-state index in [4.69, 9.17) is 5.11 Å². The molecule has 2 amide bonds. The molecule has 2 heterocycles. The van der Waals surface area contributed by atoms with Crippen LogP contribution in [0.15, 0.2) is 36.7 Å². The number of carbonyl (C=O) groups is 2. The van der Waals surface area contributed by atoms with Crippen LogP contribution >= 0.6 is 0 Å². The summed E-state index contributed by atoms with van der Waals surface area (Å²) in [5.41, 5.74) is -0.622. The second-order valence-electron chi connectivity index (χ2n) is 7.67. The van der Waals surface area contributed by atoms with E-state index in [1.807, 2.05) is 0 Å². The highest BCUT2D eigenvalue weighted by molar-refractivity contribution is 5.97. The van der Waals surface area contributed by atoms with E-state index < -0.39 is 23.7 Å². The number of likely N-dealkylation sites (tertiary alicyclic amines) is 1. The SMILES string of the molecule is O=C(O)c1nccnc1NC(=O)N1CC2CC(c3ccccc3C(F)(F)F)CC2C1. The minimum Gasteiger partial charge on any atom is -0.476 e. The highest BCUT2D eigenvalue weighted by Crippen LogP contribution is 2.48. The largest absolute Gasteiger partial charge is 0.476 e. The van der Waals surface area contributed by atoms with Crippen LogP contribution in [0.5, 0.6) is 0 Å². The number of carbonyl (C=O) groups excluding carboxylic acids is 1. The number of hydrogen-bond donors (Lipinski definition) is 2. The van der Waals surface area contributed by atoms with Gasteiger partial charge < -0.3 is 10.0 Å². The third-order valence-electron chi connectivity index (χ3n) is 5.87. The first-order valence-corrected chi connectivity index (χ1v) is 9.50. The standard InChI is InChI=1S/C20H19F3N4O3/c21-20(22,23)15-4-2-1-3-14(15)11-7-12-9-27(10-13(12)8-11)19(30)26-17-16(18(28)29)24-5-6-25-17/h1-6,11-13H,7-10H2,(H,28,29)(H,25,26,30). The van der Waals surface area contributed by atoms with Gasteiger partial charge in [-0.1, -0.05) is 18.2 Å². The molecule has 2 aliphatic rings. The van der Waals surface area contributed by atoms with Gasteiger partial charge in [0.15, 0.2) is 11.5 Å². The minimum atomic E-state index is -4.39. The number of nitrogens with one attached hydrogen (secondary N) is 1. The molecular formula is C20H19F3N4O3. The summed E-state index contributed by atoms with van der Waals surface area (Å²) in [5, 5.41) is 11.6. The smallest absolute Gasteiger partial charge is 0.416 e. The second kappa shape index (κ2) is 7.58. The van der Waals surface area contributed by atoms with Crippen molar-refractivity contribution in [2.45, 2.75) is 24.9 Å². The molecule has 0 radical (unpaired) electrons. The molecule has 2 unspecified atom stereocenters. The molecule has 0 bridgehead atoms. The van der Waals surface area contributed by atoms with Gasteiger partial charge >= 0.3 is 18.2 Å². The van der Waals surface area contributed by atoms with Gasteiger partial charge in [-0.15, -0.1) is 0 Å². The van der Waals surface area contributed by atoms with Crippen molar-refractivity contribution in [2.75, 3.05) is 18.4 Å². The van der Waals surface area contributed by atoms with Crippen LogP contribution in [0.2, 0.25) is 0 Å². The molecule has 30 heavy (non-hydrogen) atoms. The molecule has 2 atom stereocenters. The number of benzene rings is 1. The molecule has 2 N–H and O–H groups in total. The Bertz CT molecular complexity index is 968. The summed E-state index contributed by atoms with van der Waals surface area (Å²) in [6.07, 6.45) is -0.735. The Morgan fingerprint density at radius 3 is 2.33 bits per heavy atom. The Hall–Kier alpha value is -3.17. The molecular weight excluding hydrogens is 401 g/mol. The number of alkyl halides is 3. The van der Waals surface area contributed by atoms with Crippen molar-refractivity contribution >= 4 is 17.8 Å². The number of aromatic carboxylic acids is 1. The first-order chi connectivity index (χ1) is 14.2. The third kappa shape index (κ3) is 3.81. The lowest BCUT2D eigenvalue weighted by molar-refractivity contribution is -0.138. The van der Waals surface area contributed by atoms with Crippen LogP contribution in [0.3, 0.4) is 0 Å². The van der Waals surface area contributed by atoms with Crippen LogP contribution in [-0.2, 0) is 6.18 Å². The lowest BCUT2D eigenvalue weighted by atomic mass is 9.91. The Balaban J connectivity index is 1.42. The molecule has 1 aliphatic carbocycles. The monoisotopic (exact) mass is 420 g/mol. The number of anilines is 1. The molecule has 0 spiro atoms. The summed E-state index contributed by atoms with van der Waals surface area (Å²) in [6, 6.07) is 5.19. The van der Waals surface area contributed by atoms with Crippen molar-refractivity contribution in [3.05, 3.63) is 53.5 Å². The van der Waals surface area contributed by atoms with E-state index in [-0.39, 0.29) is 29.3 Å². The van der Waals surface area contributed by atoms with Crippen LogP contribution in [-0.4, -0.2) is 45.1 Å². The number of aromatic nitrogens is 2. The third-order valence-corrected chi connectivity index (χ3v) is 5.87. The zero-order chi connectivity index (χ0) is 21.5. The van der Waals surface area contributed by atoms with Crippen molar-refractivity contribution < 1.29 is 27.9 Å². The Morgan fingerprint density at radius 2 is 1.70 bits per heavy atom. The van der Waals surface area contributed by atoms with E-state index in [0.29, 0.717) is 31.5 Å². The highest BCUT2D eigenvalue weighted by Gasteiger charge is 2.45. The fourth-order valence-corrected chi connectivity index (χ4v) is 4.60. The number of carboxylic acid groups (broad SMARTS) is 1. The maximum Gasteiger partial charge on any atom is 0.416 e. The molecule has 158 valence electrons. The summed E-state index contributed by atoms with van der Waals surface area (Å²) < 4.78 is 40.0. The normalized spacial score (nSPS) is 23.3. The van der Waals surface area contributed by atoms with Crippen LogP contribution in [0, 0.1) is 11.8 Å². The van der Waals surface area contributed by atoms with Crippen molar-refractivity contribution in [3.63, 3.8) is 0 Å². The number of rotatable bonds is 3. The molecule has 1 aromatic heterocycles. The van der Waals surface area contributed by atoms with Gasteiger partial charge in [0.25, 0.3) is 0 Å². The van der Waals surface area contributed by atoms with E-state index >= 15 is 0 Å². The molecule has 1 saturated carbocycles. The minimum absolute atomic E-state index is 0.0999. The summed E-state index contributed by atoms with van der Waals surface area (Å²) >= 11 is 0. The first kappa shape index (κ1) is 20.1. The van der Waals surface area contributed by atoms with Gasteiger partial charge in [0.05, 0.1) is 5.56 Å². The molecule has 1 aromatic carbocycles. The molecule has 1 saturated heterocycles. The van der Waals surface area contributed by atoms with E-state index in [1.165, 1.54) is 18.5 Å². The predicted molar refractivity (Wildman–Crippen MR) is 100.0 cm³/mol. The van der Waals surface area contributed by atoms with Gasteiger partial charge in [0.2, 0.25) is 0 Å². The lowest BCUT2D eigenvalue weighted by Gasteiger charge is -2.21. The summed E-state index contributed by atoms with van der Waals surface area (Å²) in [4.78, 5) is 32.9. The van der Waals surface area contributed by atoms with Crippen molar-refractivity contribution in [1.29, 1.82) is 0 Å². The summed E-state index contributed by atoms with van der Waals surface area (Å²) in [5.74, 6) is -1.43. The molecule has 4 rings (SSSR count). The van der Waals surface area contributed by atoms with Crippen molar-refractivity contribution in [3.8, 4) is 0 Å². The predicted octanol–water partition coefficient (Wildman–Crippen LogP) is 3.85. The van der Waals surface area contributed by atoms with Gasteiger partial charge in [0, 0.05) is 25.5 Å². The van der Waals surface area contributed by atoms with E-state index in [2.05, 4.69) is 15.3 Å². The number of halogens is 3. The number of nitrogens with zero attached hydrogens (tertiary/aromatic N) is 3. The molecule has 2 aromatic rings. The fourth-order valence-electron chi connectivity index (χ4n) is 4.60. The van der Waals surface area contributed by atoms with Crippen LogP contribution < -0.4 is 5.32 Å². The molecule has 10 heteroatoms. The van der Waals surface area contributed by atoms with E-state index in [0.717, 1.165) is 6.07 Å². The number of hydrogen-bond acceptors (Lipinski definition) is 4. The maximum absolute atomic E-state index is 13.3. The highest BCUT2D eigenvalue weighted by atomic mass is 19.4. The summed E-state index contributed by atoms with van der Waals surface area (Å²) in [7, 11) is 0. The molecule has 1 aliphatic heterocycles. The van der Waals surface area contributed by atoms with Gasteiger partial charge in [0.1, 0.15) is 0 Å². The first-order valence-electron chi connectivity index (χ1n) is 9.50. The van der Waals surface area contributed by atoms with Crippen LogP contribution in [0.4, 0.5) is 23.8 Å². The van der Waals surface area contributed by atoms with Crippen LogP contribution in [0.1, 0.15) is 40.4 Å². The van der Waals surface area contributed by atoms with Gasteiger partial charge in [-0.05, 0) is 42.2 Å². The van der Waals surface area contributed by atoms with Gasteiger partial charge in [-0.25, -0.2) is 19.6 Å². The zero-order valence-electron chi connectivity index (χ0n) is 15.8. The molecule has 2 fully saturated rings. The average Bonchev–Trinajstić information content (AvgIpc) is 3.27. The Kier molecular flexibility index (Phi) is 5.08. The van der Waals surface area contributed by atoms with E-state index in [9.17, 15) is 22.8 Å². The maximum atomic E-state index is 13.3. The van der Waals surface area contributed by atoms with Crippen LogP contribution in [0.25, 0.3) is 0 Å². The Morgan fingerprint density at radius 1 is 1.07 bits per heavy atom. The average molecular weight is 420 g/mol. The van der Waals surface area contributed by atoms with E-state index in [1.54, 1.807) is 17.0 Å². The zero-order valence-corrected chi connectivity index (χ0v) is 15.8. The fraction of sp³-hybridized carbons (Fsp3) is 0.400.